The Bertz CT molecular complexity index is 1140. The normalized spacial score (nSPS) is 11.7. The van der Waals surface area contributed by atoms with Crippen molar-refractivity contribution in [2.24, 2.45) is 5.92 Å². The van der Waals surface area contributed by atoms with Gasteiger partial charge in [0.25, 0.3) is 0 Å². The van der Waals surface area contributed by atoms with Crippen molar-refractivity contribution in [1.82, 2.24) is 14.5 Å². The maximum atomic E-state index is 13.0. The molecule has 0 atom stereocenters. The number of hydrogen-bond acceptors (Lipinski definition) is 3. The van der Waals surface area contributed by atoms with Gasteiger partial charge in [-0.15, -0.1) is 0 Å². The number of nitrogens with zero attached hydrogens (tertiary/aromatic N) is 2. The molecular formula is C23H25N3OS. The lowest BCUT2D eigenvalue weighted by molar-refractivity contribution is 0.102. The van der Waals surface area contributed by atoms with Crippen molar-refractivity contribution < 1.29 is 4.79 Å². The Balaban J connectivity index is 1.60. The van der Waals surface area contributed by atoms with E-state index in [9.17, 15) is 4.79 Å². The summed E-state index contributed by atoms with van der Waals surface area (Å²) in [5, 5.41) is 1.93. The molecule has 0 unspecified atom stereocenters. The molecular weight excluding hydrogens is 366 g/mol. The third kappa shape index (κ3) is 3.47. The molecule has 0 aliphatic rings. The number of hydrogen-bond donors (Lipinski definition) is 1. The standard InChI is InChI=1S/C23H25N3OS/c1-4-16-8-7-9-17-18(12-24-22(16)17)21(27)14-28-23-25-19-10-5-6-11-20(19)26(23)13-15(2)3/h5-12,15,24H,4,13-14H2,1-3H3. The minimum Gasteiger partial charge on any atom is -0.360 e. The minimum absolute atomic E-state index is 0.132. The van der Waals surface area contributed by atoms with Gasteiger partial charge in [0, 0.05) is 29.2 Å². The first-order valence-electron chi connectivity index (χ1n) is 9.78. The highest BCUT2D eigenvalue weighted by molar-refractivity contribution is 7.99. The average molecular weight is 392 g/mol. The van der Waals surface area contributed by atoms with Crippen LogP contribution in [0.5, 0.6) is 0 Å². The summed E-state index contributed by atoms with van der Waals surface area (Å²) in [5.74, 6) is 1.02. The summed E-state index contributed by atoms with van der Waals surface area (Å²) in [5.41, 5.74) is 5.20. The van der Waals surface area contributed by atoms with Gasteiger partial charge in [0.1, 0.15) is 0 Å². The van der Waals surface area contributed by atoms with Crippen LogP contribution >= 0.6 is 11.8 Å². The fraction of sp³-hybridized carbons (Fsp3) is 0.304. The minimum atomic E-state index is 0.132. The van der Waals surface area contributed by atoms with E-state index >= 15 is 0 Å². The molecule has 0 spiro atoms. The van der Waals surface area contributed by atoms with Crippen molar-refractivity contribution in [3.63, 3.8) is 0 Å². The van der Waals surface area contributed by atoms with E-state index in [0.717, 1.165) is 45.6 Å². The summed E-state index contributed by atoms with van der Waals surface area (Å²) in [4.78, 5) is 21.0. The van der Waals surface area contributed by atoms with Crippen molar-refractivity contribution in [3.05, 3.63) is 59.8 Å². The summed E-state index contributed by atoms with van der Waals surface area (Å²) < 4.78 is 2.24. The van der Waals surface area contributed by atoms with Crippen molar-refractivity contribution in [2.75, 3.05) is 5.75 Å². The van der Waals surface area contributed by atoms with Gasteiger partial charge in [0.15, 0.2) is 10.9 Å². The van der Waals surface area contributed by atoms with Crippen LogP contribution in [0.4, 0.5) is 0 Å². The molecule has 4 aromatic rings. The Labute approximate surface area is 169 Å². The molecule has 0 saturated carbocycles. The third-order valence-electron chi connectivity index (χ3n) is 4.98. The number of Topliss-reactive ketones (excluding diaryl/α,β-unsaturated/α-hetero) is 1. The van der Waals surface area contributed by atoms with Crippen LogP contribution in [0.1, 0.15) is 36.7 Å². The smallest absolute Gasteiger partial charge is 0.175 e. The highest BCUT2D eigenvalue weighted by Gasteiger charge is 2.17. The fourth-order valence-electron chi connectivity index (χ4n) is 3.66. The van der Waals surface area contributed by atoms with E-state index in [-0.39, 0.29) is 5.78 Å². The molecule has 0 radical (unpaired) electrons. The van der Waals surface area contributed by atoms with E-state index in [1.165, 1.54) is 17.3 Å². The number of para-hydroxylation sites is 3. The number of imidazole rings is 1. The third-order valence-corrected chi connectivity index (χ3v) is 5.96. The first-order valence-corrected chi connectivity index (χ1v) is 10.8. The van der Waals surface area contributed by atoms with Gasteiger partial charge in [-0.25, -0.2) is 4.98 Å². The van der Waals surface area contributed by atoms with Gasteiger partial charge in [-0.2, -0.15) is 0 Å². The number of thioether (sulfide) groups is 1. The molecule has 5 heteroatoms. The maximum Gasteiger partial charge on any atom is 0.175 e. The molecule has 28 heavy (non-hydrogen) atoms. The fourth-order valence-corrected chi connectivity index (χ4v) is 4.56. The number of H-pyrrole nitrogens is 1. The van der Waals surface area contributed by atoms with Crippen molar-refractivity contribution >= 4 is 39.5 Å². The molecule has 2 aromatic carbocycles. The van der Waals surface area contributed by atoms with E-state index < -0.39 is 0 Å². The molecule has 0 fully saturated rings. The van der Waals surface area contributed by atoms with Crippen molar-refractivity contribution in [3.8, 4) is 0 Å². The molecule has 0 bridgehead atoms. The zero-order valence-corrected chi connectivity index (χ0v) is 17.3. The van der Waals surface area contributed by atoms with Gasteiger partial charge >= 0.3 is 0 Å². The number of carbonyl (C=O) groups excluding carboxylic acids is 1. The molecule has 0 saturated heterocycles. The van der Waals surface area contributed by atoms with Crippen LogP contribution in [0.2, 0.25) is 0 Å². The van der Waals surface area contributed by atoms with E-state index in [2.05, 4.69) is 42.5 Å². The van der Waals surface area contributed by atoms with Gasteiger partial charge in [-0.05, 0) is 30.0 Å². The number of carbonyl (C=O) groups is 1. The van der Waals surface area contributed by atoms with Crippen LogP contribution in [0.15, 0.2) is 53.8 Å². The highest BCUT2D eigenvalue weighted by atomic mass is 32.2. The van der Waals surface area contributed by atoms with Gasteiger partial charge in [-0.1, -0.05) is 62.9 Å². The van der Waals surface area contributed by atoms with Crippen LogP contribution in [0, 0.1) is 5.92 Å². The average Bonchev–Trinajstić information content (AvgIpc) is 3.27. The van der Waals surface area contributed by atoms with Gasteiger partial charge < -0.3 is 9.55 Å². The van der Waals surface area contributed by atoms with Crippen LogP contribution < -0.4 is 0 Å². The number of ketones is 1. The van der Waals surface area contributed by atoms with Crippen molar-refractivity contribution in [1.29, 1.82) is 0 Å². The van der Waals surface area contributed by atoms with Crippen LogP contribution in [0.25, 0.3) is 21.9 Å². The molecule has 4 nitrogen and oxygen atoms in total. The lowest BCUT2D eigenvalue weighted by Gasteiger charge is -2.11. The summed E-state index contributed by atoms with van der Waals surface area (Å²) in [6.07, 6.45) is 2.79. The second kappa shape index (κ2) is 7.84. The Kier molecular flexibility index (Phi) is 5.27. The molecule has 2 aromatic heterocycles. The number of nitrogens with one attached hydrogen (secondary N) is 1. The number of aryl methyl sites for hydroxylation is 1. The first kappa shape index (κ1) is 18.8. The van der Waals surface area contributed by atoms with Gasteiger partial charge in [0.05, 0.1) is 16.8 Å². The van der Waals surface area contributed by atoms with Gasteiger partial charge in [-0.3, -0.25) is 4.79 Å². The second-order valence-electron chi connectivity index (χ2n) is 7.49. The van der Waals surface area contributed by atoms with Crippen LogP contribution in [-0.2, 0) is 13.0 Å². The lowest BCUT2D eigenvalue weighted by Crippen LogP contribution is -2.08. The molecule has 0 aliphatic heterocycles. The Morgan fingerprint density at radius 1 is 1.18 bits per heavy atom. The largest absolute Gasteiger partial charge is 0.360 e. The Hall–Kier alpha value is -2.53. The van der Waals surface area contributed by atoms with Crippen LogP contribution in [-0.4, -0.2) is 26.1 Å². The first-order chi connectivity index (χ1) is 13.6. The van der Waals surface area contributed by atoms with E-state index in [4.69, 9.17) is 4.98 Å². The number of rotatable bonds is 7. The maximum absolute atomic E-state index is 13.0. The van der Waals surface area contributed by atoms with Gasteiger partial charge in [0.2, 0.25) is 0 Å². The summed E-state index contributed by atoms with van der Waals surface area (Å²) in [7, 11) is 0. The second-order valence-corrected chi connectivity index (χ2v) is 8.44. The number of fused-ring (bicyclic) bond motifs is 2. The Morgan fingerprint density at radius 2 is 2.00 bits per heavy atom. The molecule has 144 valence electrons. The predicted octanol–water partition coefficient (Wildman–Crippen LogP) is 5.71. The van der Waals surface area contributed by atoms with Crippen molar-refractivity contribution in [2.45, 2.75) is 38.9 Å². The summed E-state index contributed by atoms with van der Waals surface area (Å²) >= 11 is 1.53. The number of aromatic nitrogens is 3. The summed E-state index contributed by atoms with van der Waals surface area (Å²) in [6.45, 7) is 7.42. The topological polar surface area (TPSA) is 50.7 Å². The number of benzene rings is 2. The van der Waals surface area contributed by atoms with E-state index in [0.29, 0.717) is 11.7 Å². The Morgan fingerprint density at radius 3 is 2.79 bits per heavy atom. The molecule has 0 amide bonds. The van der Waals surface area contributed by atoms with E-state index in [1.54, 1.807) is 0 Å². The molecule has 2 heterocycles. The molecule has 0 aliphatic carbocycles. The zero-order valence-electron chi connectivity index (χ0n) is 16.5. The van der Waals surface area contributed by atoms with Crippen LogP contribution in [0.3, 0.4) is 0 Å². The quantitative estimate of drug-likeness (QED) is 0.324. The highest BCUT2D eigenvalue weighted by Crippen LogP contribution is 2.28. The lowest BCUT2D eigenvalue weighted by atomic mass is 10.1. The zero-order chi connectivity index (χ0) is 19.7. The number of aromatic amines is 1. The van der Waals surface area contributed by atoms with E-state index in [1.807, 2.05) is 36.5 Å². The molecule has 1 N–H and O–H groups in total. The predicted molar refractivity (Wildman–Crippen MR) is 117 cm³/mol. The SMILES string of the molecule is CCc1cccc2c(C(=O)CSc3nc4ccccc4n3CC(C)C)c[nH]c12. The molecule has 4 rings (SSSR count). The monoisotopic (exact) mass is 391 g/mol. The summed E-state index contributed by atoms with van der Waals surface area (Å²) in [6, 6.07) is 14.3.